The Balaban J connectivity index is 2.27. The first-order valence-corrected chi connectivity index (χ1v) is 8.32. The van der Waals surface area contributed by atoms with Gasteiger partial charge >= 0.3 is 0 Å². The van der Waals surface area contributed by atoms with Gasteiger partial charge in [0, 0.05) is 30.5 Å². The molecule has 0 spiro atoms. The molecule has 4 nitrogen and oxygen atoms in total. The molecule has 0 radical (unpaired) electrons. The normalized spacial score (nSPS) is 11.8. The molecule has 0 unspecified atom stereocenters. The molecule has 1 aromatic carbocycles. The average molecular weight is 376 g/mol. The van der Waals surface area contributed by atoms with Crippen molar-refractivity contribution in [2.45, 2.75) is 11.4 Å². The van der Waals surface area contributed by atoms with Crippen LogP contribution in [0.1, 0.15) is 5.56 Å². The van der Waals surface area contributed by atoms with E-state index in [1.807, 2.05) is 6.07 Å². The fourth-order valence-corrected chi connectivity index (χ4v) is 3.48. The highest BCUT2D eigenvalue weighted by molar-refractivity contribution is 9.10. The molecule has 0 aliphatic rings. The van der Waals surface area contributed by atoms with Gasteiger partial charge < -0.3 is 0 Å². The second kappa shape index (κ2) is 6.22. The third kappa shape index (κ3) is 3.38. The number of hydrogen-bond acceptors (Lipinski definition) is 3. The predicted octanol–water partition coefficient (Wildman–Crippen LogP) is 3.32. The molecule has 20 heavy (non-hydrogen) atoms. The SMILES string of the molecule is CN(Cc1cccnc1)S(=O)(=O)c1ccc(Cl)c(Br)c1. The van der Waals surface area contributed by atoms with Gasteiger partial charge in [-0.15, -0.1) is 0 Å². The second-order valence-corrected chi connectivity index (χ2v) is 7.50. The summed E-state index contributed by atoms with van der Waals surface area (Å²) in [6.45, 7) is 0.260. The quantitative estimate of drug-likeness (QED) is 0.823. The van der Waals surface area contributed by atoms with Gasteiger partial charge in [0.1, 0.15) is 0 Å². The minimum absolute atomic E-state index is 0.195. The summed E-state index contributed by atoms with van der Waals surface area (Å²) in [6, 6.07) is 8.14. The highest BCUT2D eigenvalue weighted by Gasteiger charge is 2.21. The molecule has 1 heterocycles. The van der Waals surface area contributed by atoms with Crippen LogP contribution in [-0.4, -0.2) is 24.8 Å². The molecule has 106 valence electrons. The number of hydrogen-bond donors (Lipinski definition) is 0. The Bertz CT molecular complexity index is 708. The van der Waals surface area contributed by atoms with E-state index >= 15 is 0 Å². The van der Waals surface area contributed by atoms with E-state index in [0.717, 1.165) is 5.56 Å². The monoisotopic (exact) mass is 374 g/mol. The molecule has 0 bridgehead atoms. The van der Waals surface area contributed by atoms with E-state index < -0.39 is 10.0 Å². The Morgan fingerprint density at radius 1 is 1.35 bits per heavy atom. The summed E-state index contributed by atoms with van der Waals surface area (Å²) >= 11 is 9.11. The summed E-state index contributed by atoms with van der Waals surface area (Å²) in [7, 11) is -2.03. The van der Waals surface area contributed by atoms with E-state index in [9.17, 15) is 8.42 Å². The lowest BCUT2D eigenvalue weighted by molar-refractivity contribution is 0.466. The van der Waals surface area contributed by atoms with E-state index in [1.165, 1.54) is 23.5 Å². The van der Waals surface area contributed by atoms with Crippen LogP contribution >= 0.6 is 27.5 Å². The van der Waals surface area contributed by atoms with Crippen LogP contribution in [0.3, 0.4) is 0 Å². The van der Waals surface area contributed by atoms with E-state index in [4.69, 9.17) is 11.6 Å². The number of aromatic nitrogens is 1. The zero-order valence-electron chi connectivity index (χ0n) is 10.6. The molecule has 0 saturated carbocycles. The third-order valence-electron chi connectivity index (χ3n) is 2.73. The van der Waals surface area contributed by atoms with Crippen molar-refractivity contribution in [3.8, 4) is 0 Å². The van der Waals surface area contributed by atoms with Crippen molar-refractivity contribution >= 4 is 37.6 Å². The Kier molecular flexibility index (Phi) is 4.80. The fraction of sp³-hybridized carbons (Fsp3) is 0.154. The van der Waals surface area contributed by atoms with Gasteiger partial charge in [0.2, 0.25) is 10.0 Å². The van der Waals surface area contributed by atoms with Gasteiger partial charge in [0.15, 0.2) is 0 Å². The fourth-order valence-electron chi connectivity index (χ4n) is 1.65. The number of nitrogens with zero attached hydrogens (tertiary/aromatic N) is 2. The summed E-state index contributed by atoms with van der Waals surface area (Å²) < 4.78 is 26.7. The molecule has 0 atom stereocenters. The number of pyridine rings is 1. The molecular formula is C13H12BrClN2O2S. The van der Waals surface area contributed by atoms with Gasteiger partial charge in [-0.2, -0.15) is 4.31 Å². The largest absolute Gasteiger partial charge is 0.264 e. The summed E-state index contributed by atoms with van der Waals surface area (Å²) in [5.41, 5.74) is 0.826. The van der Waals surface area contributed by atoms with Crippen LogP contribution in [0, 0.1) is 0 Å². The van der Waals surface area contributed by atoms with Crippen molar-refractivity contribution in [2.24, 2.45) is 0 Å². The van der Waals surface area contributed by atoms with Crippen molar-refractivity contribution in [2.75, 3.05) is 7.05 Å². The smallest absolute Gasteiger partial charge is 0.243 e. The minimum Gasteiger partial charge on any atom is -0.264 e. The van der Waals surface area contributed by atoms with E-state index in [2.05, 4.69) is 20.9 Å². The van der Waals surface area contributed by atoms with Gasteiger partial charge in [-0.25, -0.2) is 8.42 Å². The van der Waals surface area contributed by atoms with Crippen molar-refractivity contribution in [3.63, 3.8) is 0 Å². The summed E-state index contributed by atoms with van der Waals surface area (Å²) in [5, 5.41) is 0.471. The summed E-state index contributed by atoms with van der Waals surface area (Å²) in [6.07, 6.45) is 3.29. The van der Waals surface area contributed by atoms with Crippen LogP contribution in [0.2, 0.25) is 5.02 Å². The van der Waals surface area contributed by atoms with Crippen LogP contribution in [0.15, 0.2) is 52.1 Å². The van der Waals surface area contributed by atoms with Crippen molar-refractivity contribution in [3.05, 3.63) is 57.8 Å². The predicted molar refractivity (Wildman–Crippen MR) is 82.0 cm³/mol. The number of halogens is 2. The molecule has 2 rings (SSSR count). The molecule has 1 aromatic heterocycles. The minimum atomic E-state index is -3.56. The molecule has 0 amide bonds. The number of benzene rings is 1. The van der Waals surface area contributed by atoms with E-state index in [1.54, 1.807) is 24.5 Å². The highest BCUT2D eigenvalue weighted by atomic mass is 79.9. The molecule has 2 aromatic rings. The van der Waals surface area contributed by atoms with Crippen LogP contribution in [0.4, 0.5) is 0 Å². The maximum absolute atomic E-state index is 12.4. The van der Waals surface area contributed by atoms with Crippen molar-refractivity contribution < 1.29 is 8.42 Å². The topological polar surface area (TPSA) is 50.3 Å². The van der Waals surface area contributed by atoms with Crippen LogP contribution < -0.4 is 0 Å². The Morgan fingerprint density at radius 3 is 2.70 bits per heavy atom. The first-order valence-electron chi connectivity index (χ1n) is 5.71. The maximum atomic E-state index is 12.4. The zero-order chi connectivity index (χ0) is 14.8. The van der Waals surface area contributed by atoms with Gasteiger partial charge in [0.25, 0.3) is 0 Å². The first kappa shape index (κ1) is 15.4. The van der Waals surface area contributed by atoms with Crippen LogP contribution in [0.25, 0.3) is 0 Å². The Hall–Kier alpha value is -0.950. The maximum Gasteiger partial charge on any atom is 0.243 e. The second-order valence-electron chi connectivity index (χ2n) is 4.20. The van der Waals surface area contributed by atoms with Gasteiger partial charge in [0.05, 0.1) is 9.92 Å². The molecule has 0 N–H and O–H groups in total. The molecule has 0 aliphatic heterocycles. The van der Waals surface area contributed by atoms with Gasteiger partial charge in [-0.1, -0.05) is 17.7 Å². The van der Waals surface area contributed by atoms with Crippen LogP contribution in [0.5, 0.6) is 0 Å². The molecule has 0 fully saturated rings. The van der Waals surface area contributed by atoms with E-state index in [0.29, 0.717) is 9.50 Å². The lowest BCUT2D eigenvalue weighted by Crippen LogP contribution is -2.26. The first-order chi connectivity index (χ1) is 9.41. The third-order valence-corrected chi connectivity index (χ3v) is 5.74. The Labute approximate surface area is 131 Å². The molecular weight excluding hydrogens is 364 g/mol. The van der Waals surface area contributed by atoms with Gasteiger partial charge in [-0.05, 0) is 45.8 Å². The number of sulfonamides is 1. The standard InChI is InChI=1S/C13H12BrClN2O2S/c1-17(9-10-3-2-6-16-8-10)20(18,19)11-4-5-13(15)12(14)7-11/h2-8H,9H2,1H3. The molecule has 7 heteroatoms. The highest BCUT2D eigenvalue weighted by Crippen LogP contribution is 2.27. The van der Waals surface area contributed by atoms with Gasteiger partial charge in [-0.3, -0.25) is 4.98 Å². The summed E-state index contributed by atoms with van der Waals surface area (Å²) in [4.78, 5) is 4.17. The lowest BCUT2D eigenvalue weighted by atomic mass is 10.3. The van der Waals surface area contributed by atoms with Crippen molar-refractivity contribution in [1.82, 2.24) is 9.29 Å². The summed E-state index contributed by atoms with van der Waals surface area (Å²) in [5.74, 6) is 0. The molecule has 0 aliphatic carbocycles. The lowest BCUT2D eigenvalue weighted by Gasteiger charge is -2.17. The van der Waals surface area contributed by atoms with E-state index in [-0.39, 0.29) is 11.4 Å². The Morgan fingerprint density at radius 2 is 2.10 bits per heavy atom. The number of rotatable bonds is 4. The van der Waals surface area contributed by atoms with Crippen LogP contribution in [-0.2, 0) is 16.6 Å². The average Bonchev–Trinajstić information content (AvgIpc) is 2.42. The molecule has 0 saturated heterocycles. The zero-order valence-corrected chi connectivity index (χ0v) is 13.8. The van der Waals surface area contributed by atoms with Crippen molar-refractivity contribution in [1.29, 1.82) is 0 Å².